The SMILES string of the molecule is O=C(/C=C/c1ccc(Cl)cc1)NCc1ccccc1NC(=O)c1cccnc1. The highest BCUT2D eigenvalue weighted by Crippen LogP contribution is 2.16. The molecule has 1 aromatic heterocycles. The first-order chi connectivity index (χ1) is 13.6. The van der Waals surface area contributed by atoms with E-state index in [1.54, 1.807) is 42.6 Å². The van der Waals surface area contributed by atoms with Gasteiger partial charge < -0.3 is 10.6 Å². The lowest BCUT2D eigenvalue weighted by Crippen LogP contribution is -2.22. The number of hydrogen-bond acceptors (Lipinski definition) is 3. The largest absolute Gasteiger partial charge is 0.348 e. The summed E-state index contributed by atoms with van der Waals surface area (Å²) < 4.78 is 0. The Morgan fingerprint density at radius 2 is 1.79 bits per heavy atom. The van der Waals surface area contributed by atoms with Crippen molar-refractivity contribution >= 4 is 35.2 Å². The highest BCUT2D eigenvalue weighted by molar-refractivity contribution is 6.30. The molecule has 0 aliphatic carbocycles. The summed E-state index contributed by atoms with van der Waals surface area (Å²) in [5.74, 6) is -0.488. The zero-order valence-corrected chi connectivity index (χ0v) is 15.7. The monoisotopic (exact) mass is 391 g/mol. The van der Waals surface area contributed by atoms with Gasteiger partial charge in [-0.1, -0.05) is 41.9 Å². The first-order valence-corrected chi connectivity index (χ1v) is 9.00. The second kappa shape index (κ2) is 9.48. The maximum atomic E-state index is 12.3. The first-order valence-electron chi connectivity index (χ1n) is 8.62. The summed E-state index contributed by atoms with van der Waals surface area (Å²) in [6.07, 6.45) is 6.28. The van der Waals surface area contributed by atoms with Crippen LogP contribution in [0.15, 0.2) is 79.1 Å². The summed E-state index contributed by atoms with van der Waals surface area (Å²) in [4.78, 5) is 28.4. The summed E-state index contributed by atoms with van der Waals surface area (Å²) in [6.45, 7) is 0.285. The molecule has 0 aliphatic rings. The average Bonchev–Trinajstić information content (AvgIpc) is 2.73. The van der Waals surface area contributed by atoms with Gasteiger partial charge in [-0.05, 0) is 47.5 Å². The van der Waals surface area contributed by atoms with Crippen LogP contribution in [0.2, 0.25) is 5.02 Å². The van der Waals surface area contributed by atoms with Gasteiger partial charge in [0.15, 0.2) is 0 Å². The van der Waals surface area contributed by atoms with E-state index in [0.717, 1.165) is 11.1 Å². The minimum Gasteiger partial charge on any atom is -0.348 e. The minimum atomic E-state index is -0.255. The van der Waals surface area contributed by atoms with Crippen molar-refractivity contribution < 1.29 is 9.59 Å². The Morgan fingerprint density at radius 3 is 2.54 bits per heavy atom. The third-order valence-corrected chi connectivity index (χ3v) is 4.19. The number of nitrogens with zero attached hydrogens (tertiary/aromatic N) is 1. The van der Waals surface area contributed by atoms with E-state index in [2.05, 4.69) is 15.6 Å². The van der Waals surface area contributed by atoms with Crippen LogP contribution in [0.4, 0.5) is 5.69 Å². The summed E-state index contributed by atoms with van der Waals surface area (Å²) in [7, 11) is 0. The van der Waals surface area contributed by atoms with Crippen molar-refractivity contribution in [2.75, 3.05) is 5.32 Å². The third kappa shape index (κ3) is 5.53. The number of halogens is 1. The fourth-order valence-electron chi connectivity index (χ4n) is 2.48. The Morgan fingerprint density at radius 1 is 1.00 bits per heavy atom. The van der Waals surface area contributed by atoms with Crippen molar-refractivity contribution in [2.24, 2.45) is 0 Å². The smallest absolute Gasteiger partial charge is 0.257 e. The van der Waals surface area contributed by atoms with Crippen molar-refractivity contribution in [3.63, 3.8) is 0 Å². The predicted octanol–water partition coefficient (Wildman–Crippen LogP) is 4.32. The zero-order valence-electron chi connectivity index (χ0n) is 14.9. The van der Waals surface area contributed by atoms with E-state index in [1.165, 1.54) is 12.3 Å². The van der Waals surface area contributed by atoms with Gasteiger partial charge in [0.1, 0.15) is 0 Å². The van der Waals surface area contributed by atoms with Gasteiger partial charge in [0.05, 0.1) is 5.56 Å². The molecule has 0 saturated heterocycles. The van der Waals surface area contributed by atoms with Gasteiger partial charge in [0, 0.05) is 35.7 Å². The summed E-state index contributed by atoms with van der Waals surface area (Å²) >= 11 is 5.85. The fraction of sp³-hybridized carbons (Fsp3) is 0.0455. The fourth-order valence-corrected chi connectivity index (χ4v) is 2.60. The highest BCUT2D eigenvalue weighted by Gasteiger charge is 2.09. The lowest BCUT2D eigenvalue weighted by atomic mass is 10.1. The maximum absolute atomic E-state index is 12.3. The van der Waals surface area contributed by atoms with Crippen molar-refractivity contribution in [1.29, 1.82) is 0 Å². The second-order valence-electron chi connectivity index (χ2n) is 5.96. The Kier molecular flexibility index (Phi) is 6.54. The number of para-hydroxylation sites is 1. The van der Waals surface area contributed by atoms with Crippen LogP contribution in [0.25, 0.3) is 6.08 Å². The molecule has 28 heavy (non-hydrogen) atoms. The van der Waals surface area contributed by atoms with Crippen LogP contribution in [-0.4, -0.2) is 16.8 Å². The molecule has 0 unspecified atom stereocenters. The number of aromatic nitrogens is 1. The Hall–Kier alpha value is -3.44. The molecule has 1 heterocycles. The lowest BCUT2D eigenvalue weighted by Gasteiger charge is -2.11. The van der Waals surface area contributed by atoms with Gasteiger partial charge in [0.2, 0.25) is 5.91 Å². The summed E-state index contributed by atoms with van der Waals surface area (Å²) in [5, 5.41) is 6.32. The van der Waals surface area contributed by atoms with Crippen molar-refractivity contribution in [3.8, 4) is 0 Å². The number of anilines is 1. The third-order valence-electron chi connectivity index (χ3n) is 3.94. The molecule has 0 fully saturated rings. The predicted molar refractivity (Wildman–Crippen MR) is 111 cm³/mol. The number of carbonyl (C=O) groups is 2. The lowest BCUT2D eigenvalue weighted by molar-refractivity contribution is -0.116. The molecular formula is C22H18ClN3O2. The van der Waals surface area contributed by atoms with Crippen LogP contribution >= 0.6 is 11.6 Å². The van der Waals surface area contributed by atoms with E-state index in [4.69, 9.17) is 11.6 Å². The Bertz CT molecular complexity index is 986. The molecule has 0 spiro atoms. The molecule has 2 amide bonds. The molecule has 2 aromatic carbocycles. The topological polar surface area (TPSA) is 71.1 Å². The van der Waals surface area contributed by atoms with Gasteiger partial charge in [-0.25, -0.2) is 0 Å². The van der Waals surface area contributed by atoms with Gasteiger partial charge in [-0.15, -0.1) is 0 Å². The molecule has 3 aromatic rings. The van der Waals surface area contributed by atoms with Crippen LogP contribution in [0, 0.1) is 0 Å². The first kappa shape index (κ1) is 19.3. The standard InChI is InChI=1S/C22H18ClN3O2/c23-19-10-7-16(8-11-19)9-12-21(27)25-15-17-4-1-2-6-20(17)26-22(28)18-5-3-13-24-14-18/h1-14H,15H2,(H,25,27)(H,26,28)/b12-9+. The Labute approximate surface area is 168 Å². The number of amides is 2. The molecule has 0 atom stereocenters. The quantitative estimate of drug-likeness (QED) is 0.615. The molecular weight excluding hydrogens is 374 g/mol. The molecule has 0 aliphatic heterocycles. The minimum absolute atomic E-state index is 0.233. The molecule has 6 heteroatoms. The summed E-state index contributed by atoms with van der Waals surface area (Å²) in [5.41, 5.74) is 2.78. The van der Waals surface area contributed by atoms with Crippen molar-refractivity contribution in [2.45, 2.75) is 6.54 Å². The van der Waals surface area contributed by atoms with Gasteiger partial charge >= 0.3 is 0 Å². The number of carbonyl (C=O) groups excluding carboxylic acids is 2. The van der Waals surface area contributed by atoms with Crippen LogP contribution in [0.1, 0.15) is 21.5 Å². The van der Waals surface area contributed by atoms with Gasteiger partial charge in [-0.2, -0.15) is 0 Å². The molecule has 140 valence electrons. The molecule has 0 radical (unpaired) electrons. The van der Waals surface area contributed by atoms with Crippen LogP contribution in [0.5, 0.6) is 0 Å². The van der Waals surface area contributed by atoms with E-state index in [1.807, 2.05) is 30.3 Å². The molecule has 0 saturated carbocycles. The van der Waals surface area contributed by atoms with E-state index in [-0.39, 0.29) is 18.4 Å². The van der Waals surface area contributed by atoms with Crippen molar-refractivity contribution in [1.82, 2.24) is 10.3 Å². The van der Waals surface area contributed by atoms with Gasteiger partial charge in [-0.3, -0.25) is 14.6 Å². The van der Waals surface area contributed by atoms with E-state index in [0.29, 0.717) is 16.3 Å². The molecule has 5 nitrogen and oxygen atoms in total. The molecule has 0 bridgehead atoms. The number of nitrogens with one attached hydrogen (secondary N) is 2. The van der Waals surface area contributed by atoms with Crippen LogP contribution in [-0.2, 0) is 11.3 Å². The molecule has 2 N–H and O–H groups in total. The normalized spacial score (nSPS) is 10.6. The van der Waals surface area contributed by atoms with Gasteiger partial charge in [0.25, 0.3) is 5.91 Å². The average molecular weight is 392 g/mol. The van der Waals surface area contributed by atoms with Crippen LogP contribution in [0.3, 0.4) is 0 Å². The Balaban J connectivity index is 1.61. The number of rotatable bonds is 6. The van der Waals surface area contributed by atoms with Crippen LogP contribution < -0.4 is 10.6 Å². The number of pyridine rings is 1. The number of hydrogen-bond donors (Lipinski definition) is 2. The second-order valence-corrected chi connectivity index (χ2v) is 6.39. The highest BCUT2D eigenvalue weighted by atomic mass is 35.5. The van der Waals surface area contributed by atoms with E-state index >= 15 is 0 Å². The van der Waals surface area contributed by atoms with E-state index < -0.39 is 0 Å². The zero-order chi connectivity index (χ0) is 19.8. The summed E-state index contributed by atoms with van der Waals surface area (Å²) in [6, 6.07) is 17.9. The maximum Gasteiger partial charge on any atom is 0.257 e. The van der Waals surface area contributed by atoms with Crippen molar-refractivity contribution in [3.05, 3.63) is 101 Å². The molecule has 3 rings (SSSR count). The van der Waals surface area contributed by atoms with E-state index in [9.17, 15) is 9.59 Å². The number of benzene rings is 2.